The van der Waals surface area contributed by atoms with Gasteiger partial charge in [-0.1, -0.05) is 6.07 Å². The van der Waals surface area contributed by atoms with Crippen LogP contribution in [0.5, 0.6) is 11.5 Å². The van der Waals surface area contributed by atoms with Gasteiger partial charge in [-0.05, 0) is 38.0 Å². The Kier molecular flexibility index (Phi) is 4.30. The van der Waals surface area contributed by atoms with Crippen molar-refractivity contribution in [1.82, 2.24) is 4.90 Å². The second kappa shape index (κ2) is 5.95. The molecule has 4 nitrogen and oxygen atoms in total. The van der Waals surface area contributed by atoms with Crippen LogP contribution in [0.4, 0.5) is 0 Å². The minimum atomic E-state index is 0.0950. The number of nitrogens with zero attached hydrogens (tertiary/aromatic N) is 1. The normalized spacial score (nSPS) is 15.2. The molecule has 104 valence electrons. The zero-order chi connectivity index (χ0) is 13.8. The highest BCUT2D eigenvalue weighted by Crippen LogP contribution is 2.29. The van der Waals surface area contributed by atoms with Crippen molar-refractivity contribution in [3.63, 3.8) is 0 Å². The molecule has 0 bridgehead atoms. The van der Waals surface area contributed by atoms with Gasteiger partial charge in [0.25, 0.3) is 0 Å². The Balaban J connectivity index is 2.14. The molecule has 0 N–H and O–H groups in total. The van der Waals surface area contributed by atoms with Crippen LogP contribution in [0.3, 0.4) is 0 Å². The number of methoxy groups -OCH3 is 1. The molecule has 1 aromatic rings. The molecular weight excluding hydrogens is 242 g/mol. The zero-order valence-electron chi connectivity index (χ0n) is 11.8. The number of likely N-dealkylation sites (tertiary alicyclic amines) is 1. The van der Waals surface area contributed by atoms with Gasteiger partial charge in [0, 0.05) is 19.5 Å². The molecule has 19 heavy (non-hydrogen) atoms. The van der Waals surface area contributed by atoms with Crippen molar-refractivity contribution in [1.29, 1.82) is 0 Å². The van der Waals surface area contributed by atoms with E-state index in [4.69, 9.17) is 9.47 Å². The lowest BCUT2D eigenvalue weighted by atomic mass is 10.2. The van der Waals surface area contributed by atoms with Crippen molar-refractivity contribution in [3.8, 4) is 11.5 Å². The van der Waals surface area contributed by atoms with Crippen molar-refractivity contribution in [2.75, 3.05) is 13.7 Å². The molecule has 4 heteroatoms. The standard InChI is InChI=1S/C15H21NO3/c1-11(2)19-14-9-12(6-7-13(14)18-3)10-16-8-4-5-15(16)17/h6-7,9,11H,4-5,8,10H2,1-3H3. The first-order chi connectivity index (χ1) is 9.10. The molecule has 0 saturated carbocycles. The largest absolute Gasteiger partial charge is 0.493 e. The van der Waals surface area contributed by atoms with Crippen LogP contribution in [0.15, 0.2) is 18.2 Å². The van der Waals surface area contributed by atoms with Crippen LogP contribution in [0.2, 0.25) is 0 Å². The van der Waals surface area contributed by atoms with E-state index in [1.54, 1.807) is 7.11 Å². The summed E-state index contributed by atoms with van der Waals surface area (Å²) in [4.78, 5) is 13.5. The number of ether oxygens (including phenoxy) is 2. The number of rotatable bonds is 5. The summed E-state index contributed by atoms with van der Waals surface area (Å²) in [5.41, 5.74) is 1.08. The summed E-state index contributed by atoms with van der Waals surface area (Å²) in [6, 6.07) is 5.84. The maximum absolute atomic E-state index is 11.6. The van der Waals surface area contributed by atoms with Gasteiger partial charge in [0.2, 0.25) is 5.91 Å². The molecular formula is C15H21NO3. The molecule has 1 aromatic carbocycles. The van der Waals surface area contributed by atoms with Crippen LogP contribution >= 0.6 is 0 Å². The molecule has 0 atom stereocenters. The smallest absolute Gasteiger partial charge is 0.222 e. The third-order valence-corrected chi connectivity index (χ3v) is 3.14. The van der Waals surface area contributed by atoms with Crippen molar-refractivity contribution in [2.45, 2.75) is 39.3 Å². The van der Waals surface area contributed by atoms with E-state index in [-0.39, 0.29) is 12.0 Å². The lowest BCUT2D eigenvalue weighted by Crippen LogP contribution is -2.23. The van der Waals surface area contributed by atoms with Crippen LogP contribution in [0, 0.1) is 0 Å². The molecule has 0 radical (unpaired) electrons. The topological polar surface area (TPSA) is 38.8 Å². The molecule has 0 unspecified atom stereocenters. The maximum Gasteiger partial charge on any atom is 0.222 e. The van der Waals surface area contributed by atoms with Gasteiger partial charge in [0.05, 0.1) is 13.2 Å². The summed E-state index contributed by atoms with van der Waals surface area (Å²) in [5, 5.41) is 0. The summed E-state index contributed by atoms with van der Waals surface area (Å²) in [6.45, 7) is 5.47. The van der Waals surface area contributed by atoms with E-state index < -0.39 is 0 Å². The number of amides is 1. The van der Waals surface area contributed by atoms with Gasteiger partial charge in [-0.15, -0.1) is 0 Å². The maximum atomic E-state index is 11.6. The second-order valence-electron chi connectivity index (χ2n) is 5.07. The predicted molar refractivity (Wildman–Crippen MR) is 73.4 cm³/mol. The first-order valence-electron chi connectivity index (χ1n) is 6.71. The van der Waals surface area contributed by atoms with E-state index in [1.165, 1.54) is 0 Å². The molecule has 2 rings (SSSR count). The minimum absolute atomic E-state index is 0.0950. The van der Waals surface area contributed by atoms with E-state index in [2.05, 4.69) is 0 Å². The van der Waals surface area contributed by atoms with Crippen LogP contribution < -0.4 is 9.47 Å². The Morgan fingerprint density at radius 1 is 1.32 bits per heavy atom. The first kappa shape index (κ1) is 13.7. The van der Waals surface area contributed by atoms with Crippen LogP contribution in [0.25, 0.3) is 0 Å². The Morgan fingerprint density at radius 3 is 2.68 bits per heavy atom. The number of carbonyl (C=O) groups is 1. The monoisotopic (exact) mass is 263 g/mol. The molecule has 1 aliphatic heterocycles. The van der Waals surface area contributed by atoms with Crippen molar-refractivity contribution in [3.05, 3.63) is 23.8 Å². The quantitative estimate of drug-likeness (QED) is 0.819. The first-order valence-corrected chi connectivity index (χ1v) is 6.71. The van der Waals surface area contributed by atoms with E-state index >= 15 is 0 Å². The van der Waals surface area contributed by atoms with E-state index in [0.29, 0.717) is 13.0 Å². The highest BCUT2D eigenvalue weighted by atomic mass is 16.5. The van der Waals surface area contributed by atoms with Gasteiger partial charge >= 0.3 is 0 Å². The average Bonchev–Trinajstić information content (AvgIpc) is 2.75. The summed E-state index contributed by atoms with van der Waals surface area (Å²) >= 11 is 0. The molecule has 1 amide bonds. The minimum Gasteiger partial charge on any atom is -0.493 e. The Hall–Kier alpha value is -1.71. The zero-order valence-corrected chi connectivity index (χ0v) is 11.8. The SMILES string of the molecule is COc1ccc(CN2CCCC2=O)cc1OC(C)C. The Bertz CT molecular complexity index is 457. The molecule has 0 aromatic heterocycles. The molecule has 1 fully saturated rings. The van der Waals surface area contributed by atoms with Gasteiger partial charge in [-0.3, -0.25) is 4.79 Å². The fourth-order valence-corrected chi connectivity index (χ4v) is 2.26. The van der Waals surface area contributed by atoms with Crippen molar-refractivity contribution < 1.29 is 14.3 Å². The van der Waals surface area contributed by atoms with Crippen molar-refractivity contribution >= 4 is 5.91 Å². The average molecular weight is 263 g/mol. The van der Waals surface area contributed by atoms with E-state index in [1.807, 2.05) is 36.9 Å². The number of benzene rings is 1. The van der Waals surface area contributed by atoms with Gasteiger partial charge in [0.15, 0.2) is 11.5 Å². The second-order valence-corrected chi connectivity index (χ2v) is 5.07. The van der Waals surface area contributed by atoms with Crippen molar-refractivity contribution in [2.24, 2.45) is 0 Å². The highest BCUT2D eigenvalue weighted by molar-refractivity contribution is 5.78. The van der Waals surface area contributed by atoms with Gasteiger partial charge < -0.3 is 14.4 Å². The lowest BCUT2D eigenvalue weighted by Gasteiger charge is -2.18. The van der Waals surface area contributed by atoms with Crippen LogP contribution in [0.1, 0.15) is 32.3 Å². The predicted octanol–water partition coefficient (Wildman–Crippen LogP) is 2.60. The van der Waals surface area contributed by atoms with Crippen LogP contribution in [-0.4, -0.2) is 30.6 Å². The van der Waals surface area contributed by atoms with E-state index in [9.17, 15) is 4.79 Å². The van der Waals surface area contributed by atoms with Gasteiger partial charge in [-0.2, -0.15) is 0 Å². The summed E-state index contributed by atoms with van der Waals surface area (Å²) in [7, 11) is 1.63. The van der Waals surface area contributed by atoms with Gasteiger partial charge in [0.1, 0.15) is 0 Å². The van der Waals surface area contributed by atoms with E-state index in [0.717, 1.165) is 30.0 Å². The number of hydrogen-bond acceptors (Lipinski definition) is 3. The van der Waals surface area contributed by atoms with Gasteiger partial charge in [-0.25, -0.2) is 0 Å². The fraction of sp³-hybridized carbons (Fsp3) is 0.533. The lowest BCUT2D eigenvalue weighted by molar-refractivity contribution is -0.128. The number of hydrogen-bond donors (Lipinski definition) is 0. The third kappa shape index (κ3) is 3.40. The molecule has 0 aliphatic carbocycles. The third-order valence-electron chi connectivity index (χ3n) is 3.14. The Labute approximate surface area is 114 Å². The highest BCUT2D eigenvalue weighted by Gasteiger charge is 2.20. The number of carbonyl (C=O) groups excluding carboxylic acids is 1. The van der Waals surface area contributed by atoms with Crippen LogP contribution in [-0.2, 0) is 11.3 Å². The Morgan fingerprint density at radius 2 is 2.11 bits per heavy atom. The molecule has 1 heterocycles. The summed E-state index contributed by atoms with van der Waals surface area (Å²) < 4.78 is 11.0. The summed E-state index contributed by atoms with van der Waals surface area (Å²) in [5.74, 6) is 1.70. The fourth-order valence-electron chi connectivity index (χ4n) is 2.26. The molecule has 1 aliphatic rings. The molecule has 1 saturated heterocycles. The molecule has 0 spiro atoms. The summed E-state index contributed by atoms with van der Waals surface area (Å²) in [6.07, 6.45) is 1.73.